The zero-order chi connectivity index (χ0) is 14.4. The number of benzene rings is 1. The van der Waals surface area contributed by atoms with E-state index in [1.54, 1.807) is 0 Å². The summed E-state index contributed by atoms with van der Waals surface area (Å²) in [5.74, 6) is 0.0113. The average Bonchev–Trinajstić information content (AvgIpc) is 2.90. The van der Waals surface area contributed by atoms with Crippen molar-refractivity contribution in [1.82, 2.24) is 4.90 Å². The Labute approximate surface area is 119 Å². The highest BCUT2D eigenvalue weighted by atomic mass is 17.2. The van der Waals surface area contributed by atoms with E-state index in [9.17, 15) is 4.79 Å². The summed E-state index contributed by atoms with van der Waals surface area (Å²) < 4.78 is 0. The lowest BCUT2D eigenvalue weighted by Crippen LogP contribution is -2.37. The lowest BCUT2D eigenvalue weighted by atomic mass is 10.1. The highest BCUT2D eigenvalue weighted by Crippen LogP contribution is 2.25. The lowest BCUT2D eigenvalue weighted by molar-refractivity contribution is -0.188. The molecule has 1 aliphatic heterocycles. The molecule has 5 heteroatoms. The summed E-state index contributed by atoms with van der Waals surface area (Å²) in [5, 5.41) is 0. The molecular weight excluding hydrogens is 256 g/mol. The van der Waals surface area contributed by atoms with Crippen molar-refractivity contribution in [3.8, 4) is 0 Å². The number of aliphatic imine (C=N–C) groups is 1. The third-order valence-electron chi connectivity index (χ3n) is 3.53. The van der Waals surface area contributed by atoms with Gasteiger partial charge in [0.2, 0.25) is 6.40 Å². The molecular formula is C15H20N2O3. The van der Waals surface area contributed by atoms with Gasteiger partial charge in [0.1, 0.15) is 0 Å². The van der Waals surface area contributed by atoms with Gasteiger partial charge in [-0.2, -0.15) is 4.89 Å². The van der Waals surface area contributed by atoms with Gasteiger partial charge < -0.3 is 9.79 Å². The minimum Gasteiger partial charge on any atom is -0.338 e. The van der Waals surface area contributed by atoms with E-state index < -0.39 is 6.04 Å². The van der Waals surface area contributed by atoms with Crippen molar-refractivity contribution in [3.05, 3.63) is 35.9 Å². The molecule has 2 rings (SSSR count). The van der Waals surface area contributed by atoms with Crippen LogP contribution in [0.1, 0.15) is 31.4 Å². The predicted molar refractivity (Wildman–Crippen MR) is 76.2 cm³/mol. The van der Waals surface area contributed by atoms with Crippen LogP contribution >= 0.6 is 0 Å². The summed E-state index contributed by atoms with van der Waals surface area (Å²) in [6.45, 7) is 2.87. The standard InChI is InChI=1S/C15H20N2O3/c1-12-7-6-10-17(12)15(18)14(16-11-20-19-2)13-8-4-3-5-9-13/h3-5,8-9,11-12,14H,6-7,10H2,1-2H3/t12-,14-/m1/s1. The molecule has 1 saturated heterocycles. The van der Waals surface area contributed by atoms with Crippen LogP contribution in [-0.2, 0) is 14.6 Å². The maximum Gasteiger partial charge on any atom is 0.252 e. The first-order valence-corrected chi connectivity index (χ1v) is 6.80. The molecule has 0 unspecified atom stereocenters. The Bertz CT molecular complexity index is 461. The van der Waals surface area contributed by atoms with Gasteiger partial charge in [0.25, 0.3) is 5.91 Å². The number of hydrogen-bond donors (Lipinski definition) is 0. The maximum atomic E-state index is 12.7. The quantitative estimate of drug-likeness (QED) is 0.359. The van der Waals surface area contributed by atoms with E-state index in [1.165, 1.54) is 13.5 Å². The molecule has 0 radical (unpaired) electrons. The predicted octanol–water partition coefficient (Wildman–Crippen LogP) is 2.34. The first kappa shape index (κ1) is 14.5. The summed E-state index contributed by atoms with van der Waals surface area (Å²) in [6.07, 6.45) is 3.27. The van der Waals surface area contributed by atoms with Crippen LogP contribution in [0.15, 0.2) is 35.3 Å². The van der Waals surface area contributed by atoms with E-state index >= 15 is 0 Å². The third-order valence-corrected chi connectivity index (χ3v) is 3.53. The molecule has 20 heavy (non-hydrogen) atoms. The minimum atomic E-state index is -0.577. The largest absolute Gasteiger partial charge is 0.338 e. The molecule has 1 aliphatic rings. The van der Waals surface area contributed by atoms with Crippen molar-refractivity contribution in [2.45, 2.75) is 31.8 Å². The molecule has 1 aromatic rings. The van der Waals surface area contributed by atoms with Crippen LogP contribution in [0.4, 0.5) is 0 Å². The first-order chi connectivity index (χ1) is 9.74. The number of likely N-dealkylation sites (tertiary alicyclic amines) is 1. The molecule has 1 aromatic carbocycles. The Morgan fingerprint density at radius 3 is 2.80 bits per heavy atom. The monoisotopic (exact) mass is 276 g/mol. The van der Waals surface area contributed by atoms with Crippen molar-refractivity contribution >= 4 is 12.3 Å². The smallest absolute Gasteiger partial charge is 0.252 e. The Balaban J connectivity index is 2.20. The van der Waals surface area contributed by atoms with Crippen molar-refractivity contribution < 1.29 is 14.6 Å². The number of carbonyl (C=O) groups is 1. The van der Waals surface area contributed by atoms with Gasteiger partial charge in [-0.3, -0.25) is 4.79 Å². The van der Waals surface area contributed by atoms with Crippen LogP contribution in [0.2, 0.25) is 0 Å². The first-order valence-electron chi connectivity index (χ1n) is 6.80. The lowest BCUT2D eigenvalue weighted by Gasteiger charge is -2.25. The number of carbonyl (C=O) groups excluding carboxylic acids is 1. The second-order valence-electron chi connectivity index (χ2n) is 4.85. The van der Waals surface area contributed by atoms with Crippen LogP contribution in [-0.4, -0.2) is 36.9 Å². The molecule has 1 heterocycles. The number of hydrogen-bond acceptors (Lipinski definition) is 4. The van der Waals surface area contributed by atoms with E-state index in [0.29, 0.717) is 0 Å². The summed E-state index contributed by atoms with van der Waals surface area (Å²) in [7, 11) is 1.40. The topological polar surface area (TPSA) is 51.1 Å². The normalized spacial score (nSPS) is 20.3. The Hall–Kier alpha value is -1.88. The fourth-order valence-corrected chi connectivity index (χ4v) is 2.47. The van der Waals surface area contributed by atoms with Gasteiger partial charge in [0.05, 0.1) is 7.11 Å². The molecule has 0 aromatic heterocycles. The van der Waals surface area contributed by atoms with Crippen LogP contribution in [0, 0.1) is 0 Å². The van der Waals surface area contributed by atoms with Gasteiger partial charge in [-0.25, -0.2) is 4.99 Å². The van der Waals surface area contributed by atoms with Gasteiger partial charge >= 0.3 is 0 Å². The van der Waals surface area contributed by atoms with Gasteiger partial charge in [-0.05, 0) is 25.3 Å². The second-order valence-corrected chi connectivity index (χ2v) is 4.85. The van der Waals surface area contributed by atoms with Gasteiger partial charge in [0, 0.05) is 12.6 Å². The summed E-state index contributed by atoms with van der Waals surface area (Å²) in [5.41, 5.74) is 0.854. The summed E-state index contributed by atoms with van der Waals surface area (Å²) in [4.78, 5) is 27.9. The van der Waals surface area contributed by atoms with E-state index in [0.717, 1.165) is 24.9 Å². The number of rotatable bonds is 5. The average molecular weight is 276 g/mol. The zero-order valence-electron chi connectivity index (χ0n) is 11.9. The number of amides is 1. The number of nitrogens with zero attached hydrogens (tertiary/aromatic N) is 2. The molecule has 1 fully saturated rings. The minimum absolute atomic E-state index is 0.0113. The van der Waals surface area contributed by atoms with E-state index in [4.69, 9.17) is 0 Å². The Kier molecular flexibility index (Phi) is 5.12. The van der Waals surface area contributed by atoms with E-state index in [-0.39, 0.29) is 11.9 Å². The zero-order valence-corrected chi connectivity index (χ0v) is 11.9. The molecule has 5 nitrogen and oxygen atoms in total. The summed E-state index contributed by atoms with van der Waals surface area (Å²) >= 11 is 0. The van der Waals surface area contributed by atoms with Crippen molar-refractivity contribution in [1.29, 1.82) is 0 Å². The molecule has 0 aliphatic carbocycles. The van der Waals surface area contributed by atoms with E-state index in [2.05, 4.69) is 21.7 Å². The molecule has 0 saturated carbocycles. The maximum absolute atomic E-state index is 12.7. The molecule has 0 spiro atoms. The Morgan fingerprint density at radius 2 is 2.20 bits per heavy atom. The van der Waals surface area contributed by atoms with Crippen LogP contribution in [0.3, 0.4) is 0 Å². The SMILES string of the molecule is COOC=N[C@@H](C(=O)N1CCC[C@H]1C)c1ccccc1. The van der Waals surface area contributed by atoms with Crippen molar-refractivity contribution in [2.24, 2.45) is 4.99 Å². The van der Waals surface area contributed by atoms with Gasteiger partial charge in [0.15, 0.2) is 6.04 Å². The summed E-state index contributed by atoms with van der Waals surface area (Å²) in [6, 6.07) is 9.20. The molecule has 0 N–H and O–H groups in total. The molecule has 108 valence electrons. The van der Waals surface area contributed by atoms with Gasteiger partial charge in [-0.15, -0.1) is 0 Å². The molecule has 1 amide bonds. The fourth-order valence-electron chi connectivity index (χ4n) is 2.47. The highest BCUT2D eigenvalue weighted by Gasteiger charge is 2.31. The fraction of sp³-hybridized carbons (Fsp3) is 0.467. The third kappa shape index (κ3) is 3.36. The highest BCUT2D eigenvalue weighted by molar-refractivity contribution is 5.85. The van der Waals surface area contributed by atoms with Gasteiger partial charge in [-0.1, -0.05) is 30.3 Å². The van der Waals surface area contributed by atoms with Crippen molar-refractivity contribution in [3.63, 3.8) is 0 Å². The van der Waals surface area contributed by atoms with Crippen LogP contribution in [0.25, 0.3) is 0 Å². The Morgan fingerprint density at radius 1 is 1.45 bits per heavy atom. The molecule has 0 bridgehead atoms. The van der Waals surface area contributed by atoms with E-state index in [1.807, 2.05) is 35.2 Å². The molecule has 2 atom stereocenters. The van der Waals surface area contributed by atoms with Crippen molar-refractivity contribution in [2.75, 3.05) is 13.7 Å². The second kappa shape index (κ2) is 7.05. The van der Waals surface area contributed by atoms with Crippen LogP contribution in [0.5, 0.6) is 0 Å². The van der Waals surface area contributed by atoms with Crippen LogP contribution < -0.4 is 0 Å².